The van der Waals surface area contributed by atoms with Crippen LogP contribution in [0.15, 0.2) is 29.1 Å². The maximum Gasteiger partial charge on any atom is 0.275 e. The van der Waals surface area contributed by atoms with Crippen LogP contribution in [0.25, 0.3) is 10.8 Å². The minimum atomic E-state index is -0.267. The van der Waals surface area contributed by atoms with Gasteiger partial charge in [-0.1, -0.05) is 25.1 Å². The molecule has 0 bridgehead atoms. The second kappa shape index (κ2) is 6.27. The molecular formula is C16H20N4O2. The first-order chi connectivity index (χ1) is 10.7. The van der Waals surface area contributed by atoms with Gasteiger partial charge in [0.25, 0.3) is 11.5 Å². The molecule has 0 saturated carbocycles. The number of rotatable bonds is 4. The summed E-state index contributed by atoms with van der Waals surface area (Å²) in [5.41, 5.74) is 0.0623. The first kappa shape index (κ1) is 14.7. The monoisotopic (exact) mass is 300 g/mol. The number of hydrogen-bond acceptors (Lipinski definition) is 4. The van der Waals surface area contributed by atoms with Crippen molar-refractivity contribution in [3.05, 3.63) is 40.3 Å². The van der Waals surface area contributed by atoms with Crippen LogP contribution in [-0.2, 0) is 0 Å². The molecule has 1 aromatic heterocycles. The van der Waals surface area contributed by atoms with Gasteiger partial charge in [0.05, 0.1) is 5.39 Å². The third kappa shape index (κ3) is 2.62. The summed E-state index contributed by atoms with van der Waals surface area (Å²) in [6.07, 6.45) is 1.84. The van der Waals surface area contributed by atoms with E-state index in [1.54, 1.807) is 18.2 Å². The largest absolute Gasteiger partial charge is 0.333 e. The second-order valence-corrected chi connectivity index (χ2v) is 5.59. The van der Waals surface area contributed by atoms with E-state index in [1.165, 1.54) is 0 Å². The van der Waals surface area contributed by atoms with Gasteiger partial charge < -0.3 is 10.2 Å². The predicted molar refractivity (Wildman–Crippen MR) is 85.0 cm³/mol. The van der Waals surface area contributed by atoms with Crippen molar-refractivity contribution in [3.63, 3.8) is 0 Å². The standard InChI is InChI=1S/C16H20N4O2/c1-2-9-20(11-7-8-17-10-11)16(22)14-12-5-3-4-6-13(12)15(21)19-18-14/h3-6,11,17H,2,7-10H2,1H3,(H,19,21). The molecular weight excluding hydrogens is 280 g/mol. The summed E-state index contributed by atoms with van der Waals surface area (Å²) >= 11 is 0. The maximum absolute atomic E-state index is 13.0. The van der Waals surface area contributed by atoms with Crippen molar-refractivity contribution in [2.24, 2.45) is 0 Å². The van der Waals surface area contributed by atoms with Crippen molar-refractivity contribution < 1.29 is 4.79 Å². The van der Waals surface area contributed by atoms with Crippen LogP contribution in [-0.4, -0.2) is 46.7 Å². The van der Waals surface area contributed by atoms with E-state index in [0.29, 0.717) is 23.0 Å². The molecule has 1 amide bonds. The lowest BCUT2D eigenvalue weighted by Gasteiger charge is -2.28. The molecule has 0 radical (unpaired) electrons. The number of hydrogen-bond donors (Lipinski definition) is 2. The first-order valence-electron chi connectivity index (χ1n) is 7.71. The van der Waals surface area contributed by atoms with Gasteiger partial charge in [0, 0.05) is 24.5 Å². The molecule has 1 atom stereocenters. The molecule has 2 N–H and O–H groups in total. The van der Waals surface area contributed by atoms with E-state index in [2.05, 4.69) is 22.4 Å². The zero-order valence-corrected chi connectivity index (χ0v) is 12.6. The van der Waals surface area contributed by atoms with Crippen molar-refractivity contribution in [1.29, 1.82) is 0 Å². The Labute approximate surface area is 128 Å². The van der Waals surface area contributed by atoms with E-state index in [0.717, 1.165) is 25.9 Å². The fraction of sp³-hybridized carbons (Fsp3) is 0.438. The number of aromatic amines is 1. The van der Waals surface area contributed by atoms with Crippen molar-refractivity contribution >= 4 is 16.7 Å². The van der Waals surface area contributed by atoms with E-state index in [1.807, 2.05) is 11.0 Å². The van der Waals surface area contributed by atoms with Crippen molar-refractivity contribution in [2.45, 2.75) is 25.8 Å². The van der Waals surface area contributed by atoms with Crippen LogP contribution in [0.1, 0.15) is 30.3 Å². The molecule has 1 unspecified atom stereocenters. The topological polar surface area (TPSA) is 78.1 Å². The lowest BCUT2D eigenvalue weighted by molar-refractivity contribution is 0.0687. The molecule has 1 aliphatic heterocycles. The molecule has 116 valence electrons. The van der Waals surface area contributed by atoms with Gasteiger partial charge in [0.2, 0.25) is 0 Å². The number of fused-ring (bicyclic) bond motifs is 1. The molecule has 1 saturated heterocycles. The lowest BCUT2D eigenvalue weighted by atomic mass is 10.1. The van der Waals surface area contributed by atoms with Crippen LogP contribution < -0.4 is 10.9 Å². The second-order valence-electron chi connectivity index (χ2n) is 5.59. The van der Waals surface area contributed by atoms with Crippen LogP contribution in [0.5, 0.6) is 0 Å². The van der Waals surface area contributed by atoms with Crippen molar-refractivity contribution in [1.82, 2.24) is 20.4 Å². The summed E-state index contributed by atoms with van der Waals surface area (Å²) in [5, 5.41) is 10.9. The third-order valence-electron chi connectivity index (χ3n) is 4.10. The number of amides is 1. The molecule has 2 heterocycles. The Morgan fingerprint density at radius 3 is 2.82 bits per heavy atom. The fourth-order valence-electron chi connectivity index (χ4n) is 3.01. The molecule has 2 aromatic rings. The molecule has 6 nitrogen and oxygen atoms in total. The Morgan fingerprint density at radius 2 is 2.14 bits per heavy atom. The van der Waals surface area contributed by atoms with Crippen LogP contribution >= 0.6 is 0 Å². The zero-order valence-electron chi connectivity index (χ0n) is 12.6. The van der Waals surface area contributed by atoms with Gasteiger partial charge in [-0.3, -0.25) is 9.59 Å². The Kier molecular flexibility index (Phi) is 4.20. The van der Waals surface area contributed by atoms with Gasteiger partial charge in [0.1, 0.15) is 0 Å². The Hall–Kier alpha value is -2.21. The van der Waals surface area contributed by atoms with Gasteiger partial charge in [-0.2, -0.15) is 5.10 Å². The molecule has 6 heteroatoms. The highest BCUT2D eigenvalue weighted by atomic mass is 16.2. The Bertz CT molecular complexity index is 734. The van der Waals surface area contributed by atoms with Crippen LogP contribution in [0.2, 0.25) is 0 Å². The molecule has 1 aromatic carbocycles. The Balaban J connectivity index is 2.03. The van der Waals surface area contributed by atoms with Gasteiger partial charge in [-0.15, -0.1) is 0 Å². The number of nitrogens with zero attached hydrogens (tertiary/aromatic N) is 2. The van der Waals surface area contributed by atoms with Gasteiger partial charge >= 0.3 is 0 Å². The van der Waals surface area contributed by atoms with E-state index >= 15 is 0 Å². The quantitative estimate of drug-likeness (QED) is 0.887. The fourth-order valence-corrected chi connectivity index (χ4v) is 3.01. The molecule has 1 fully saturated rings. The summed E-state index contributed by atoms with van der Waals surface area (Å²) in [4.78, 5) is 26.7. The zero-order chi connectivity index (χ0) is 15.5. The maximum atomic E-state index is 13.0. The van der Waals surface area contributed by atoms with E-state index in [-0.39, 0.29) is 17.5 Å². The number of carbonyl (C=O) groups excluding carboxylic acids is 1. The number of aromatic nitrogens is 2. The minimum Gasteiger partial charge on any atom is -0.333 e. The number of carbonyl (C=O) groups is 1. The highest BCUT2D eigenvalue weighted by Crippen LogP contribution is 2.18. The van der Waals surface area contributed by atoms with Crippen LogP contribution in [0.3, 0.4) is 0 Å². The lowest BCUT2D eigenvalue weighted by Crippen LogP contribution is -2.42. The van der Waals surface area contributed by atoms with E-state index in [4.69, 9.17) is 0 Å². The summed E-state index contributed by atoms with van der Waals surface area (Å²) in [7, 11) is 0. The summed E-state index contributed by atoms with van der Waals surface area (Å²) in [6.45, 7) is 4.49. The number of benzene rings is 1. The van der Waals surface area contributed by atoms with Crippen molar-refractivity contribution in [3.8, 4) is 0 Å². The van der Waals surface area contributed by atoms with Crippen LogP contribution in [0, 0.1) is 0 Å². The van der Waals surface area contributed by atoms with Gasteiger partial charge in [-0.25, -0.2) is 5.10 Å². The highest BCUT2D eigenvalue weighted by molar-refractivity contribution is 6.04. The van der Waals surface area contributed by atoms with Gasteiger partial charge in [-0.05, 0) is 25.5 Å². The molecule has 22 heavy (non-hydrogen) atoms. The highest BCUT2D eigenvalue weighted by Gasteiger charge is 2.28. The van der Waals surface area contributed by atoms with Gasteiger partial charge in [0.15, 0.2) is 5.69 Å². The first-order valence-corrected chi connectivity index (χ1v) is 7.71. The van der Waals surface area contributed by atoms with Crippen LogP contribution in [0.4, 0.5) is 0 Å². The average molecular weight is 300 g/mol. The minimum absolute atomic E-state index is 0.108. The number of nitrogens with one attached hydrogen (secondary N) is 2. The third-order valence-corrected chi connectivity index (χ3v) is 4.10. The molecule has 3 rings (SSSR count). The van der Waals surface area contributed by atoms with E-state index in [9.17, 15) is 9.59 Å². The normalized spacial score (nSPS) is 17.8. The summed E-state index contributed by atoms with van der Waals surface area (Å²) < 4.78 is 0. The predicted octanol–water partition coefficient (Wildman–Crippen LogP) is 1.14. The van der Waals surface area contributed by atoms with E-state index < -0.39 is 0 Å². The summed E-state index contributed by atoms with van der Waals surface area (Å²) in [5.74, 6) is -0.108. The molecule has 0 spiro atoms. The smallest absolute Gasteiger partial charge is 0.275 e. The van der Waals surface area contributed by atoms with Crippen molar-refractivity contribution in [2.75, 3.05) is 19.6 Å². The number of H-pyrrole nitrogens is 1. The molecule has 1 aliphatic rings. The average Bonchev–Trinajstić information content (AvgIpc) is 3.07. The summed E-state index contributed by atoms with van der Waals surface area (Å²) in [6, 6.07) is 7.30. The SMILES string of the molecule is CCCN(C(=O)c1n[nH]c(=O)c2ccccc12)C1CCNC1. The Morgan fingerprint density at radius 1 is 1.36 bits per heavy atom. The molecule has 0 aliphatic carbocycles.